The van der Waals surface area contributed by atoms with Gasteiger partial charge < -0.3 is 16.0 Å². The van der Waals surface area contributed by atoms with Crippen LogP contribution in [0.2, 0.25) is 0 Å². The first-order valence-electron chi connectivity index (χ1n) is 8.43. The van der Waals surface area contributed by atoms with Crippen LogP contribution in [0.3, 0.4) is 0 Å². The molecule has 146 valence electrons. The topological polar surface area (TPSA) is 105 Å². The normalized spacial score (nSPS) is 17.3. The van der Waals surface area contributed by atoms with Gasteiger partial charge in [0.05, 0.1) is 6.54 Å². The number of hydrogen-bond donors (Lipinski definition) is 3. The van der Waals surface area contributed by atoms with Gasteiger partial charge in [-0.1, -0.05) is 0 Å². The first-order valence-corrected chi connectivity index (χ1v) is 8.43. The summed E-state index contributed by atoms with van der Waals surface area (Å²) in [4.78, 5) is 15.6. The molecule has 3 rings (SSSR count). The molecule has 0 radical (unpaired) electrons. The highest BCUT2D eigenvalue weighted by Gasteiger charge is 2.32. The van der Waals surface area contributed by atoms with Gasteiger partial charge in [0.25, 0.3) is 0 Å². The molecule has 9 nitrogen and oxygen atoms in total. The van der Waals surface area contributed by atoms with Crippen molar-refractivity contribution >= 4 is 11.9 Å². The van der Waals surface area contributed by atoms with Gasteiger partial charge in [0.1, 0.15) is 17.8 Å². The van der Waals surface area contributed by atoms with E-state index in [0.717, 1.165) is 30.9 Å². The zero-order chi connectivity index (χ0) is 19.3. The quantitative estimate of drug-likeness (QED) is 0.396. The van der Waals surface area contributed by atoms with Crippen LogP contribution in [-0.2, 0) is 19.1 Å². The van der Waals surface area contributed by atoms with Gasteiger partial charge in [0, 0.05) is 38.8 Å². The Bertz CT molecular complexity index is 787. The maximum atomic E-state index is 12.6. The largest absolute Gasteiger partial charge is 0.433 e. The number of nitrogens with zero attached hydrogens (tertiary/aromatic N) is 6. The van der Waals surface area contributed by atoms with Gasteiger partial charge in [-0.2, -0.15) is 18.3 Å². The minimum atomic E-state index is -4.49. The number of halogens is 3. The number of alkyl halides is 3. The fourth-order valence-electron chi connectivity index (χ4n) is 2.70. The van der Waals surface area contributed by atoms with Crippen molar-refractivity contribution in [2.75, 3.05) is 25.5 Å². The van der Waals surface area contributed by atoms with Crippen molar-refractivity contribution in [3.63, 3.8) is 0 Å². The minimum absolute atomic E-state index is 0.0689. The minimum Gasteiger partial charge on any atom is -0.355 e. The van der Waals surface area contributed by atoms with E-state index in [1.807, 2.05) is 4.68 Å². The number of guanidine groups is 1. The number of hydrogen-bond acceptors (Lipinski definition) is 6. The second kappa shape index (κ2) is 8.18. The molecule has 0 saturated carbocycles. The molecule has 12 heteroatoms. The summed E-state index contributed by atoms with van der Waals surface area (Å²) in [7, 11) is 1.66. The van der Waals surface area contributed by atoms with Crippen molar-refractivity contribution < 1.29 is 13.2 Å². The van der Waals surface area contributed by atoms with Gasteiger partial charge in [-0.25, -0.2) is 19.6 Å². The summed E-state index contributed by atoms with van der Waals surface area (Å²) in [5, 5.41) is 13.3. The number of fused-ring (bicyclic) bond motifs is 1. The van der Waals surface area contributed by atoms with E-state index in [9.17, 15) is 13.2 Å². The summed E-state index contributed by atoms with van der Waals surface area (Å²) < 4.78 is 39.8. The average molecular weight is 383 g/mol. The SMILES string of the molecule is CN=C(NCCNc1nccc(C(F)(F)F)n1)NC1CCc2ncnn2C1. The molecule has 0 amide bonds. The lowest BCUT2D eigenvalue weighted by Gasteiger charge is -2.25. The molecule has 1 aliphatic heterocycles. The van der Waals surface area contributed by atoms with E-state index < -0.39 is 11.9 Å². The highest BCUT2D eigenvalue weighted by atomic mass is 19.4. The van der Waals surface area contributed by atoms with Crippen molar-refractivity contribution in [2.45, 2.75) is 31.6 Å². The van der Waals surface area contributed by atoms with Gasteiger partial charge in [-0.3, -0.25) is 4.99 Å². The van der Waals surface area contributed by atoms with Gasteiger partial charge >= 0.3 is 6.18 Å². The molecule has 0 aromatic carbocycles. The third-order valence-electron chi connectivity index (χ3n) is 4.02. The van der Waals surface area contributed by atoms with Crippen LogP contribution in [0.4, 0.5) is 19.1 Å². The van der Waals surface area contributed by atoms with Crippen LogP contribution >= 0.6 is 0 Å². The van der Waals surface area contributed by atoms with E-state index in [4.69, 9.17) is 0 Å². The Labute approximate surface area is 153 Å². The molecule has 27 heavy (non-hydrogen) atoms. The summed E-state index contributed by atoms with van der Waals surface area (Å²) in [6.45, 7) is 1.47. The molecule has 2 aromatic rings. The molecule has 0 bridgehead atoms. The number of rotatable bonds is 5. The lowest BCUT2D eigenvalue weighted by molar-refractivity contribution is -0.141. The average Bonchev–Trinajstić information content (AvgIpc) is 3.11. The molecule has 1 aliphatic rings. The van der Waals surface area contributed by atoms with Crippen molar-refractivity contribution in [3.8, 4) is 0 Å². The first kappa shape index (κ1) is 18.9. The Kier molecular flexibility index (Phi) is 5.72. The van der Waals surface area contributed by atoms with Crippen LogP contribution in [0, 0.1) is 0 Å². The van der Waals surface area contributed by atoms with Crippen LogP contribution in [0.5, 0.6) is 0 Å². The number of aromatic nitrogens is 5. The van der Waals surface area contributed by atoms with Crippen LogP contribution < -0.4 is 16.0 Å². The van der Waals surface area contributed by atoms with Crippen LogP contribution in [0.25, 0.3) is 0 Å². The zero-order valence-corrected chi connectivity index (χ0v) is 14.7. The van der Waals surface area contributed by atoms with Crippen LogP contribution in [0.15, 0.2) is 23.6 Å². The highest BCUT2D eigenvalue weighted by molar-refractivity contribution is 5.80. The lowest BCUT2D eigenvalue weighted by Crippen LogP contribution is -2.48. The highest BCUT2D eigenvalue weighted by Crippen LogP contribution is 2.27. The predicted octanol–water partition coefficient (Wildman–Crippen LogP) is 0.679. The fraction of sp³-hybridized carbons (Fsp3) is 0.533. The van der Waals surface area contributed by atoms with Gasteiger partial charge in [0.2, 0.25) is 5.95 Å². The van der Waals surface area contributed by atoms with Crippen LogP contribution in [0.1, 0.15) is 17.9 Å². The van der Waals surface area contributed by atoms with E-state index in [-0.39, 0.29) is 12.0 Å². The third-order valence-corrected chi connectivity index (χ3v) is 4.02. The van der Waals surface area contributed by atoms with Crippen LogP contribution in [-0.4, -0.2) is 56.9 Å². The summed E-state index contributed by atoms with van der Waals surface area (Å²) >= 11 is 0. The van der Waals surface area contributed by atoms with Crippen molar-refractivity contribution in [3.05, 3.63) is 30.1 Å². The van der Waals surface area contributed by atoms with E-state index in [1.54, 1.807) is 13.4 Å². The van der Waals surface area contributed by atoms with Gasteiger partial charge in [0.15, 0.2) is 5.96 Å². The number of anilines is 1. The molecular weight excluding hydrogens is 363 g/mol. The fourth-order valence-corrected chi connectivity index (χ4v) is 2.70. The Morgan fingerprint density at radius 2 is 2.19 bits per heavy atom. The summed E-state index contributed by atoms with van der Waals surface area (Å²) in [6, 6.07) is 1.00. The molecule has 0 saturated heterocycles. The third kappa shape index (κ3) is 5.05. The Balaban J connectivity index is 1.43. The zero-order valence-electron chi connectivity index (χ0n) is 14.7. The van der Waals surface area contributed by atoms with Crippen molar-refractivity contribution in [1.82, 2.24) is 35.4 Å². The molecule has 1 unspecified atom stereocenters. The molecule has 3 N–H and O–H groups in total. The molecular formula is C15H20F3N9. The van der Waals surface area contributed by atoms with Gasteiger partial charge in [-0.05, 0) is 12.5 Å². The predicted molar refractivity (Wildman–Crippen MR) is 92.2 cm³/mol. The summed E-state index contributed by atoms with van der Waals surface area (Å²) in [5.74, 6) is 1.51. The number of aliphatic imine (C=N–C) groups is 1. The first-order chi connectivity index (χ1) is 13.0. The van der Waals surface area contributed by atoms with Crippen molar-refractivity contribution in [2.24, 2.45) is 4.99 Å². The van der Waals surface area contributed by atoms with E-state index in [2.05, 4.69) is 41.0 Å². The smallest absolute Gasteiger partial charge is 0.355 e. The van der Waals surface area contributed by atoms with E-state index in [1.165, 1.54) is 0 Å². The Hall–Kier alpha value is -2.92. The second-order valence-corrected chi connectivity index (χ2v) is 5.93. The molecule has 0 aliphatic carbocycles. The maximum absolute atomic E-state index is 12.6. The standard InChI is InChI=1S/C15H20F3N9/c1-19-13(25-10-2-3-12-23-9-24-27(12)8-10)21-6-7-22-14-20-5-4-11(26-14)15(16,17)18/h4-5,9-10H,2-3,6-8H2,1H3,(H2,19,21,25)(H,20,22,26). The molecule has 2 aromatic heterocycles. The van der Waals surface area contributed by atoms with Gasteiger partial charge in [-0.15, -0.1) is 0 Å². The summed E-state index contributed by atoms with van der Waals surface area (Å²) in [5.41, 5.74) is -0.977. The molecule has 0 spiro atoms. The Morgan fingerprint density at radius 3 is 2.96 bits per heavy atom. The van der Waals surface area contributed by atoms with Crippen molar-refractivity contribution in [1.29, 1.82) is 0 Å². The monoisotopic (exact) mass is 383 g/mol. The van der Waals surface area contributed by atoms with E-state index >= 15 is 0 Å². The van der Waals surface area contributed by atoms with E-state index in [0.29, 0.717) is 25.6 Å². The second-order valence-electron chi connectivity index (χ2n) is 5.93. The molecule has 0 fully saturated rings. The molecule has 3 heterocycles. The maximum Gasteiger partial charge on any atom is 0.433 e. The number of nitrogens with one attached hydrogen (secondary N) is 3. The molecule has 1 atom stereocenters. The lowest BCUT2D eigenvalue weighted by atomic mass is 10.1. The summed E-state index contributed by atoms with van der Waals surface area (Å²) in [6.07, 6.45) is -0.119. The Morgan fingerprint density at radius 1 is 1.33 bits per heavy atom. The number of aryl methyl sites for hydroxylation is 1.